The minimum atomic E-state index is -0.233. The summed E-state index contributed by atoms with van der Waals surface area (Å²) in [6.07, 6.45) is 4.92. The molecule has 0 saturated heterocycles. The number of aromatic nitrogens is 2. The van der Waals surface area contributed by atoms with Crippen molar-refractivity contribution in [3.05, 3.63) is 99.3 Å². The van der Waals surface area contributed by atoms with Gasteiger partial charge in [-0.2, -0.15) is 0 Å². The second-order valence-corrected chi connectivity index (χ2v) is 10.5. The monoisotopic (exact) mass is 563 g/mol. The number of nitrogens with one attached hydrogen (secondary N) is 1. The van der Waals surface area contributed by atoms with Crippen molar-refractivity contribution >= 4 is 52.0 Å². The van der Waals surface area contributed by atoms with E-state index < -0.39 is 0 Å². The molecule has 5 aromatic rings. The number of benzene rings is 3. The number of halogens is 3. The van der Waals surface area contributed by atoms with E-state index in [1.807, 2.05) is 59.1 Å². The summed E-state index contributed by atoms with van der Waals surface area (Å²) in [7, 11) is 1.64. The Bertz CT molecular complexity index is 1690. The van der Waals surface area contributed by atoms with Crippen LogP contribution < -0.4 is 10.1 Å². The third kappa shape index (κ3) is 4.25. The Balaban J connectivity index is 1.61. The van der Waals surface area contributed by atoms with E-state index >= 15 is 0 Å². The molecule has 0 spiro atoms. The van der Waals surface area contributed by atoms with Crippen molar-refractivity contribution < 1.29 is 9.53 Å². The van der Waals surface area contributed by atoms with Crippen molar-refractivity contribution in [2.75, 3.05) is 12.4 Å². The molecule has 3 aromatic carbocycles. The summed E-state index contributed by atoms with van der Waals surface area (Å²) < 4.78 is 9.70. The van der Waals surface area contributed by atoms with Gasteiger partial charge in [-0.15, -0.1) is 0 Å². The second kappa shape index (κ2) is 10.1. The smallest absolute Gasteiger partial charge is 0.273 e. The van der Waals surface area contributed by atoms with Crippen molar-refractivity contribution in [1.82, 2.24) is 8.97 Å². The number of ether oxygens (including phenoxy) is 1. The highest BCUT2D eigenvalue weighted by molar-refractivity contribution is 6.42. The number of nitrogens with zero attached hydrogens (tertiary/aromatic N) is 2. The highest BCUT2D eigenvalue weighted by atomic mass is 35.5. The second-order valence-electron chi connectivity index (χ2n) is 9.31. The summed E-state index contributed by atoms with van der Waals surface area (Å²) in [5.74, 6) is 0.528. The number of para-hydroxylation sites is 1. The van der Waals surface area contributed by atoms with Crippen LogP contribution in [0.15, 0.2) is 72.9 Å². The molecule has 0 unspecified atom stereocenters. The maximum absolute atomic E-state index is 14.0. The Morgan fingerprint density at radius 2 is 1.66 bits per heavy atom. The first-order valence-electron chi connectivity index (χ1n) is 12.4. The first-order chi connectivity index (χ1) is 18.5. The molecule has 1 N–H and O–H groups in total. The molecule has 6 rings (SSSR count). The van der Waals surface area contributed by atoms with Crippen molar-refractivity contribution in [3.63, 3.8) is 0 Å². The zero-order valence-electron chi connectivity index (χ0n) is 20.6. The molecule has 38 heavy (non-hydrogen) atoms. The topological polar surface area (TPSA) is 47.7 Å². The van der Waals surface area contributed by atoms with Gasteiger partial charge in [0.1, 0.15) is 17.1 Å². The van der Waals surface area contributed by atoms with Gasteiger partial charge in [-0.1, -0.05) is 65.1 Å². The van der Waals surface area contributed by atoms with Gasteiger partial charge in [-0.25, -0.2) is 0 Å². The number of carbonyl (C=O) groups is 1. The van der Waals surface area contributed by atoms with Crippen LogP contribution in [-0.2, 0) is 13.0 Å². The molecule has 0 saturated carbocycles. The van der Waals surface area contributed by atoms with E-state index in [2.05, 4.69) is 9.88 Å². The number of anilines is 1. The quantitative estimate of drug-likeness (QED) is 0.232. The number of hydrogen-bond acceptors (Lipinski definition) is 2. The number of imidazole rings is 1. The van der Waals surface area contributed by atoms with E-state index in [1.54, 1.807) is 25.3 Å². The molecule has 8 heteroatoms. The van der Waals surface area contributed by atoms with Crippen LogP contribution in [0.3, 0.4) is 0 Å². The van der Waals surface area contributed by atoms with Gasteiger partial charge in [0.15, 0.2) is 0 Å². The van der Waals surface area contributed by atoms with Gasteiger partial charge in [0.25, 0.3) is 5.91 Å². The average molecular weight is 565 g/mol. The zero-order chi connectivity index (χ0) is 26.4. The molecule has 1 amide bonds. The molecule has 3 heterocycles. The summed E-state index contributed by atoms with van der Waals surface area (Å²) in [5.41, 5.74) is 7.08. The lowest BCUT2D eigenvalue weighted by Gasteiger charge is -2.11. The van der Waals surface area contributed by atoms with Gasteiger partial charge in [0.2, 0.25) is 0 Å². The first-order valence-corrected chi connectivity index (χ1v) is 13.5. The molecule has 0 radical (unpaired) electrons. The molecule has 5 nitrogen and oxygen atoms in total. The van der Waals surface area contributed by atoms with Gasteiger partial charge in [0.05, 0.1) is 33.6 Å². The number of amides is 1. The van der Waals surface area contributed by atoms with Crippen molar-refractivity contribution in [1.29, 1.82) is 0 Å². The van der Waals surface area contributed by atoms with Crippen LogP contribution in [0.4, 0.5) is 5.69 Å². The van der Waals surface area contributed by atoms with Gasteiger partial charge >= 0.3 is 0 Å². The molecule has 1 aliphatic heterocycles. The Morgan fingerprint density at radius 3 is 2.39 bits per heavy atom. The minimum Gasteiger partial charge on any atom is -0.497 e. The van der Waals surface area contributed by atoms with Crippen LogP contribution in [0.25, 0.3) is 28.0 Å². The van der Waals surface area contributed by atoms with Crippen LogP contribution in [-0.4, -0.2) is 22.0 Å². The van der Waals surface area contributed by atoms with Crippen LogP contribution in [0.5, 0.6) is 5.75 Å². The van der Waals surface area contributed by atoms with Crippen molar-refractivity contribution in [2.45, 2.75) is 25.8 Å². The molecule has 0 atom stereocenters. The fraction of sp³-hybridized carbons (Fsp3) is 0.167. The van der Waals surface area contributed by atoms with Gasteiger partial charge in [-0.05, 0) is 61.2 Å². The molecule has 2 aromatic heterocycles. The maximum atomic E-state index is 14.0. The van der Waals surface area contributed by atoms with Crippen molar-refractivity contribution in [2.24, 2.45) is 0 Å². The van der Waals surface area contributed by atoms with E-state index in [4.69, 9.17) is 39.5 Å². The van der Waals surface area contributed by atoms with Crippen LogP contribution in [0.2, 0.25) is 15.1 Å². The average Bonchev–Trinajstić information content (AvgIpc) is 3.34. The molecule has 1 aliphatic rings. The van der Waals surface area contributed by atoms with E-state index in [0.29, 0.717) is 26.4 Å². The number of hydrogen-bond donors (Lipinski definition) is 1. The lowest BCUT2D eigenvalue weighted by Crippen LogP contribution is -2.15. The first kappa shape index (κ1) is 24.9. The SMILES string of the molecule is COc1ccc(-c2c3c4n(c(-c5ccc(Cl)c(Cl)c5)cn4c2C(=O)Nc2ccccc2Cl)CCCC3)cc1. The Labute approximate surface area is 235 Å². The molecular weight excluding hydrogens is 541 g/mol. The van der Waals surface area contributed by atoms with Gasteiger partial charge in [-0.3, -0.25) is 9.20 Å². The molecular formula is C30H24Cl3N3O2. The minimum absolute atomic E-state index is 0.233. The summed E-state index contributed by atoms with van der Waals surface area (Å²) >= 11 is 19.0. The predicted molar refractivity (Wildman–Crippen MR) is 155 cm³/mol. The highest BCUT2D eigenvalue weighted by Gasteiger charge is 2.30. The van der Waals surface area contributed by atoms with E-state index in [-0.39, 0.29) is 5.91 Å². The van der Waals surface area contributed by atoms with E-state index in [1.165, 1.54) is 0 Å². The van der Waals surface area contributed by atoms with Crippen LogP contribution in [0, 0.1) is 0 Å². The number of aryl methyl sites for hydroxylation is 2. The fourth-order valence-electron chi connectivity index (χ4n) is 5.31. The normalized spacial score (nSPS) is 12.9. The predicted octanol–water partition coefficient (Wildman–Crippen LogP) is 8.63. The summed E-state index contributed by atoms with van der Waals surface area (Å²) in [6, 6.07) is 20.7. The lowest BCUT2D eigenvalue weighted by molar-refractivity contribution is 0.102. The van der Waals surface area contributed by atoms with Crippen LogP contribution in [0.1, 0.15) is 28.9 Å². The van der Waals surface area contributed by atoms with Gasteiger partial charge < -0.3 is 14.6 Å². The number of rotatable bonds is 5. The summed E-state index contributed by atoms with van der Waals surface area (Å²) in [5, 5.41) is 4.53. The molecule has 0 fully saturated rings. The Hall–Kier alpha value is -3.38. The zero-order valence-corrected chi connectivity index (χ0v) is 22.9. The summed E-state index contributed by atoms with van der Waals surface area (Å²) in [4.78, 5) is 14.0. The largest absolute Gasteiger partial charge is 0.497 e. The van der Waals surface area contributed by atoms with E-state index in [0.717, 1.165) is 65.2 Å². The maximum Gasteiger partial charge on any atom is 0.273 e. The lowest BCUT2D eigenvalue weighted by atomic mass is 9.97. The van der Waals surface area contributed by atoms with Crippen molar-refractivity contribution in [3.8, 4) is 28.1 Å². The third-order valence-electron chi connectivity index (χ3n) is 7.07. The Morgan fingerprint density at radius 1 is 0.895 bits per heavy atom. The standard InChI is InChI=1S/C30H24Cl3N3O2/c1-38-20-12-9-18(10-13-20)27-21-6-4-5-15-35-26(19-11-14-22(31)24(33)16-19)17-36(30(21)35)28(27)29(37)34-25-8-3-2-7-23(25)32/h2-3,7-14,16-17H,4-6,15H2,1H3,(H,34,37). The number of carbonyl (C=O) groups excluding carboxylic acids is 1. The fourth-order valence-corrected chi connectivity index (χ4v) is 5.79. The summed E-state index contributed by atoms with van der Waals surface area (Å²) in [6.45, 7) is 0.830. The molecule has 192 valence electrons. The third-order valence-corrected chi connectivity index (χ3v) is 8.13. The highest BCUT2D eigenvalue weighted by Crippen LogP contribution is 2.41. The molecule has 0 aliphatic carbocycles. The Kier molecular flexibility index (Phi) is 6.60. The van der Waals surface area contributed by atoms with E-state index in [9.17, 15) is 4.79 Å². The number of methoxy groups -OCH3 is 1. The molecule has 0 bridgehead atoms. The van der Waals surface area contributed by atoms with Crippen LogP contribution >= 0.6 is 34.8 Å². The van der Waals surface area contributed by atoms with Gasteiger partial charge in [0, 0.05) is 29.4 Å².